The Morgan fingerprint density at radius 3 is 2.19 bits per heavy atom. The second-order valence-electron chi connectivity index (χ2n) is 8.16. The summed E-state index contributed by atoms with van der Waals surface area (Å²) in [5, 5.41) is 0. The highest BCUT2D eigenvalue weighted by Crippen LogP contribution is 2.38. The number of fused-ring (bicyclic) bond motifs is 1. The molecule has 4 nitrogen and oxygen atoms in total. The Kier molecular flexibility index (Phi) is 5.18. The van der Waals surface area contributed by atoms with Gasteiger partial charge in [0.15, 0.2) is 11.5 Å². The normalized spacial score (nSPS) is 16.7. The second kappa shape index (κ2) is 7.26. The number of nitrogens with zero attached hydrogens (tertiary/aromatic N) is 1. The first kappa shape index (κ1) is 19.3. The fourth-order valence-corrected chi connectivity index (χ4v) is 3.70. The number of rotatable bonds is 3. The molecule has 0 saturated heterocycles. The van der Waals surface area contributed by atoms with Gasteiger partial charge in [0, 0.05) is 12.1 Å². The molecule has 3 rings (SSSR count). The average Bonchev–Trinajstić information content (AvgIpc) is 2.66. The number of ether oxygens (including phenoxy) is 2. The monoisotopic (exact) mass is 367 g/mol. The van der Waals surface area contributed by atoms with Crippen LogP contribution in [-0.4, -0.2) is 31.6 Å². The van der Waals surface area contributed by atoms with Crippen LogP contribution in [0.3, 0.4) is 0 Å². The van der Waals surface area contributed by atoms with E-state index in [4.69, 9.17) is 9.47 Å². The minimum absolute atomic E-state index is 0.0108. The fourth-order valence-electron chi connectivity index (χ4n) is 3.70. The van der Waals surface area contributed by atoms with Crippen molar-refractivity contribution in [3.63, 3.8) is 0 Å². The summed E-state index contributed by atoms with van der Waals surface area (Å²) in [4.78, 5) is 15.1. The Balaban J connectivity index is 1.88. The molecule has 0 aromatic heterocycles. The Labute approximate surface area is 162 Å². The van der Waals surface area contributed by atoms with Crippen LogP contribution in [0.5, 0.6) is 11.5 Å². The topological polar surface area (TPSA) is 38.8 Å². The third-order valence-corrected chi connectivity index (χ3v) is 5.44. The molecule has 1 atom stereocenters. The van der Waals surface area contributed by atoms with Crippen molar-refractivity contribution >= 4 is 5.91 Å². The summed E-state index contributed by atoms with van der Waals surface area (Å²) in [6.07, 6.45) is 0.811. The molecule has 1 heterocycles. The van der Waals surface area contributed by atoms with Crippen LogP contribution in [0, 0.1) is 0 Å². The van der Waals surface area contributed by atoms with Crippen molar-refractivity contribution < 1.29 is 14.3 Å². The molecule has 27 heavy (non-hydrogen) atoms. The molecule has 0 saturated carbocycles. The van der Waals surface area contributed by atoms with E-state index in [0.29, 0.717) is 12.3 Å². The van der Waals surface area contributed by atoms with E-state index < -0.39 is 0 Å². The van der Waals surface area contributed by atoms with Crippen LogP contribution in [-0.2, 0) is 11.8 Å². The van der Waals surface area contributed by atoms with Crippen LogP contribution < -0.4 is 9.47 Å². The summed E-state index contributed by atoms with van der Waals surface area (Å²) in [6.45, 7) is 9.30. The van der Waals surface area contributed by atoms with Crippen LogP contribution in [0.4, 0.5) is 0 Å². The van der Waals surface area contributed by atoms with E-state index in [2.05, 4.69) is 39.8 Å². The predicted octanol–water partition coefficient (Wildman–Crippen LogP) is 4.76. The summed E-state index contributed by atoms with van der Waals surface area (Å²) in [6, 6.07) is 12.0. The number of amides is 1. The number of carbonyl (C=O) groups is 1. The lowest BCUT2D eigenvalue weighted by Gasteiger charge is -2.36. The molecule has 0 radical (unpaired) electrons. The first-order valence-corrected chi connectivity index (χ1v) is 9.42. The van der Waals surface area contributed by atoms with Crippen molar-refractivity contribution in [2.24, 2.45) is 0 Å². The maximum atomic E-state index is 13.1. The lowest BCUT2D eigenvalue weighted by molar-refractivity contribution is 0.0677. The van der Waals surface area contributed by atoms with Gasteiger partial charge in [-0.05, 0) is 59.7 Å². The summed E-state index contributed by atoms with van der Waals surface area (Å²) >= 11 is 0. The van der Waals surface area contributed by atoms with Gasteiger partial charge >= 0.3 is 0 Å². The van der Waals surface area contributed by atoms with E-state index in [1.807, 2.05) is 29.2 Å². The molecule has 0 fully saturated rings. The molecule has 1 aliphatic heterocycles. The highest BCUT2D eigenvalue weighted by Gasteiger charge is 2.30. The molecule has 2 aromatic rings. The molecule has 1 amide bonds. The van der Waals surface area contributed by atoms with Gasteiger partial charge in [0.25, 0.3) is 5.91 Å². The van der Waals surface area contributed by atoms with Crippen molar-refractivity contribution in [2.75, 3.05) is 20.8 Å². The third kappa shape index (κ3) is 3.66. The fraction of sp³-hybridized carbons (Fsp3) is 0.435. The molecule has 2 aromatic carbocycles. The van der Waals surface area contributed by atoms with Crippen molar-refractivity contribution in [1.29, 1.82) is 0 Å². The quantitative estimate of drug-likeness (QED) is 0.785. The van der Waals surface area contributed by atoms with E-state index in [1.54, 1.807) is 14.2 Å². The second-order valence-corrected chi connectivity index (χ2v) is 8.16. The molecule has 0 N–H and O–H groups in total. The zero-order valence-electron chi connectivity index (χ0n) is 17.1. The molecule has 1 aliphatic rings. The zero-order chi connectivity index (χ0) is 19.8. The zero-order valence-corrected chi connectivity index (χ0v) is 17.1. The van der Waals surface area contributed by atoms with Crippen molar-refractivity contribution in [3.8, 4) is 11.5 Å². The van der Waals surface area contributed by atoms with Gasteiger partial charge in [0.2, 0.25) is 0 Å². The Morgan fingerprint density at radius 1 is 1.04 bits per heavy atom. The smallest absolute Gasteiger partial charge is 0.254 e. The first-order valence-electron chi connectivity index (χ1n) is 9.42. The standard InChI is InChI=1S/C23H29NO3/c1-15-19-14-21(27-6)20(26-5)13-17(19)11-12-24(15)22(25)16-7-9-18(10-8-16)23(2,3)4/h7-10,13-15H,11-12H2,1-6H3/t15-/m1/s1. The lowest BCUT2D eigenvalue weighted by atomic mass is 9.86. The minimum atomic E-state index is -0.0108. The molecule has 0 spiro atoms. The summed E-state index contributed by atoms with van der Waals surface area (Å²) in [5.41, 5.74) is 4.38. The van der Waals surface area contributed by atoms with Crippen molar-refractivity contribution in [3.05, 3.63) is 58.7 Å². The van der Waals surface area contributed by atoms with Crippen LogP contribution in [0.15, 0.2) is 36.4 Å². The Bertz CT molecular complexity index is 834. The summed E-state index contributed by atoms with van der Waals surface area (Å²) in [7, 11) is 3.28. The van der Waals surface area contributed by atoms with Gasteiger partial charge in [-0.3, -0.25) is 4.79 Å². The molecular weight excluding hydrogens is 338 g/mol. The molecule has 0 bridgehead atoms. The molecule has 0 aliphatic carbocycles. The third-order valence-electron chi connectivity index (χ3n) is 5.44. The van der Waals surface area contributed by atoms with Gasteiger partial charge in [-0.2, -0.15) is 0 Å². The number of carbonyl (C=O) groups excluding carboxylic acids is 1. The first-order chi connectivity index (χ1) is 12.8. The molecular formula is C23H29NO3. The van der Waals surface area contributed by atoms with Crippen molar-refractivity contribution in [2.45, 2.75) is 45.6 Å². The van der Waals surface area contributed by atoms with Crippen LogP contribution in [0.2, 0.25) is 0 Å². The highest BCUT2D eigenvalue weighted by atomic mass is 16.5. The van der Waals surface area contributed by atoms with E-state index >= 15 is 0 Å². The lowest BCUT2D eigenvalue weighted by Crippen LogP contribution is -2.38. The predicted molar refractivity (Wildman–Crippen MR) is 108 cm³/mol. The van der Waals surface area contributed by atoms with E-state index in [9.17, 15) is 4.79 Å². The van der Waals surface area contributed by atoms with Crippen LogP contribution >= 0.6 is 0 Å². The van der Waals surface area contributed by atoms with Gasteiger partial charge < -0.3 is 14.4 Å². The maximum absolute atomic E-state index is 13.1. The van der Waals surface area contributed by atoms with E-state index in [-0.39, 0.29) is 17.4 Å². The molecule has 0 unspecified atom stereocenters. The summed E-state index contributed by atoms with van der Waals surface area (Å²) in [5.74, 6) is 1.51. The summed E-state index contributed by atoms with van der Waals surface area (Å²) < 4.78 is 10.9. The number of hydrogen-bond donors (Lipinski definition) is 0. The van der Waals surface area contributed by atoms with E-state index in [0.717, 1.165) is 23.3 Å². The SMILES string of the molecule is COc1cc2c(cc1OC)[C@@H](C)N(C(=O)c1ccc(C(C)(C)C)cc1)CC2. The number of methoxy groups -OCH3 is 2. The van der Waals surface area contributed by atoms with Crippen molar-refractivity contribution in [1.82, 2.24) is 4.90 Å². The largest absolute Gasteiger partial charge is 0.493 e. The highest BCUT2D eigenvalue weighted by molar-refractivity contribution is 5.94. The van der Waals surface area contributed by atoms with Gasteiger partial charge in [-0.1, -0.05) is 32.9 Å². The Morgan fingerprint density at radius 2 is 1.63 bits per heavy atom. The molecule has 144 valence electrons. The van der Waals surface area contributed by atoms with Gasteiger partial charge in [0.05, 0.1) is 20.3 Å². The van der Waals surface area contributed by atoms with Crippen LogP contribution in [0.25, 0.3) is 0 Å². The van der Waals surface area contributed by atoms with Crippen LogP contribution in [0.1, 0.15) is 60.8 Å². The number of hydrogen-bond acceptors (Lipinski definition) is 3. The maximum Gasteiger partial charge on any atom is 0.254 e. The van der Waals surface area contributed by atoms with Gasteiger partial charge in [-0.15, -0.1) is 0 Å². The Hall–Kier alpha value is -2.49. The van der Waals surface area contributed by atoms with E-state index in [1.165, 1.54) is 11.1 Å². The minimum Gasteiger partial charge on any atom is -0.493 e. The van der Waals surface area contributed by atoms with Gasteiger partial charge in [-0.25, -0.2) is 0 Å². The number of benzene rings is 2. The van der Waals surface area contributed by atoms with Gasteiger partial charge in [0.1, 0.15) is 0 Å². The average molecular weight is 367 g/mol. The molecule has 4 heteroatoms.